The van der Waals surface area contributed by atoms with Crippen molar-refractivity contribution in [3.63, 3.8) is 0 Å². The van der Waals surface area contributed by atoms with Crippen LogP contribution in [0, 0.1) is 0 Å². The Morgan fingerprint density at radius 3 is 2.23 bits per heavy atom. The number of rotatable bonds is 7. The first kappa shape index (κ1) is 22.0. The summed E-state index contributed by atoms with van der Waals surface area (Å²) >= 11 is 0. The van der Waals surface area contributed by atoms with Gasteiger partial charge in [-0.25, -0.2) is 13.1 Å². The smallest absolute Gasteiger partial charge is 0.255 e. The summed E-state index contributed by atoms with van der Waals surface area (Å²) in [6, 6.07) is 12.5. The molecule has 0 aliphatic heterocycles. The third kappa shape index (κ3) is 5.67. The minimum atomic E-state index is -3.69. The molecular formula is C22H27N3O4S. The number of benzene rings is 2. The first-order valence-electron chi connectivity index (χ1n) is 10.1. The molecule has 0 heterocycles. The van der Waals surface area contributed by atoms with E-state index in [2.05, 4.69) is 15.4 Å². The molecule has 1 aliphatic rings. The molecule has 0 bridgehead atoms. The first-order valence-corrected chi connectivity index (χ1v) is 11.6. The second kappa shape index (κ2) is 9.40. The minimum absolute atomic E-state index is 0.0304. The monoisotopic (exact) mass is 429 g/mol. The molecule has 0 spiro atoms. The van der Waals surface area contributed by atoms with Gasteiger partial charge in [0.1, 0.15) is 0 Å². The van der Waals surface area contributed by atoms with E-state index >= 15 is 0 Å². The van der Waals surface area contributed by atoms with Crippen molar-refractivity contribution in [1.29, 1.82) is 0 Å². The minimum Gasteiger partial charge on any atom is -0.349 e. The predicted octanol–water partition coefficient (Wildman–Crippen LogP) is 3.30. The molecule has 0 atom stereocenters. The average molecular weight is 430 g/mol. The van der Waals surface area contributed by atoms with E-state index in [1.807, 2.05) is 0 Å². The number of carbonyl (C=O) groups excluding carboxylic acids is 2. The lowest BCUT2D eigenvalue weighted by Crippen LogP contribution is -2.32. The molecule has 160 valence electrons. The summed E-state index contributed by atoms with van der Waals surface area (Å²) in [5.41, 5.74) is 1.28. The Kier molecular flexibility index (Phi) is 6.89. The highest BCUT2D eigenvalue weighted by molar-refractivity contribution is 7.89. The van der Waals surface area contributed by atoms with Crippen LogP contribution in [0.2, 0.25) is 0 Å². The van der Waals surface area contributed by atoms with Crippen molar-refractivity contribution in [2.75, 3.05) is 5.32 Å². The number of anilines is 1. The summed E-state index contributed by atoms with van der Waals surface area (Å²) in [4.78, 5) is 24.9. The lowest BCUT2D eigenvalue weighted by Gasteiger charge is -2.12. The van der Waals surface area contributed by atoms with E-state index in [9.17, 15) is 18.0 Å². The Bertz CT molecular complexity index is 1010. The lowest BCUT2D eigenvalue weighted by molar-refractivity contribution is 0.0937. The molecule has 2 amide bonds. The maximum Gasteiger partial charge on any atom is 0.255 e. The third-order valence-corrected chi connectivity index (χ3v) is 6.55. The van der Waals surface area contributed by atoms with E-state index < -0.39 is 15.9 Å². The molecule has 1 saturated carbocycles. The van der Waals surface area contributed by atoms with Gasteiger partial charge >= 0.3 is 0 Å². The van der Waals surface area contributed by atoms with Gasteiger partial charge in [-0.15, -0.1) is 0 Å². The van der Waals surface area contributed by atoms with E-state index in [1.54, 1.807) is 44.2 Å². The van der Waals surface area contributed by atoms with Gasteiger partial charge in [0, 0.05) is 28.9 Å². The van der Waals surface area contributed by atoms with Crippen molar-refractivity contribution in [3.8, 4) is 0 Å². The van der Waals surface area contributed by atoms with E-state index in [4.69, 9.17) is 0 Å². The van der Waals surface area contributed by atoms with Crippen molar-refractivity contribution in [2.45, 2.75) is 56.5 Å². The number of hydrogen-bond acceptors (Lipinski definition) is 4. The van der Waals surface area contributed by atoms with Crippen LogP contribution >= 0.6 is 0 Å². The van der Waals surface area contributed by atoms with Crippen LogP contribution in [0.5, 0.6) is 0 Å². The standard InChI is InChI=1S/C22H27N3O4S/c1-15(2)25-30(28,29)20-9-5-6-17(14-20)22(27)24-19-12-10-16(11-13-19)21(26)23-18-7-3-4-8-18/h5-6,9-15,18,25H,3-4,7-8H2,1-2H3,(H,23,26)(H,24,27). The van der Waals surface area contributed by atoms with Crippen LogP contribution in [0.4, 0.5) is 5.69 Å². The number of sulfonamides is 1. The van der Waals surface area contributed by atoms with Gasteiger partial charge in [-0.3, -0.25) is 9.59 Å². The van der Waals surface area contributed by atoms with Crippen molar-refractivity contribution in [1.82, 2.24) is 10.0 Å². The van der Waals surface area contributed by atoms with Gasteiger partial charge in [-0.2, -0.15) is 0 Å². The number of hydrogen-bond donors (Lipinski definition) is 3. The highest BCUT2D eigenvalue weighted by Gasteiger charge is 2.19. The Hall–Kier alpha value is -2.71. The van der Waals surface area contributed by atoms with Crippen LogP contribution in [0.25, 0.3) is 0 Å². The van der Waals surface area contributed by atoms with E-state index in [0.717, 1.165) is 25.7 Å². The first-order chi connectivity index (χ1) is 14.2. The van der Waals surface area contributed by atoms with Crippen LogP contribution < -0.4 is 15.4 Å². The SMILES string of the molecule is CC(C)NS(=O)(=O)c1cccc(C(=O)Nc2ccc(C(=O)NC3CCCC3)cc2)c1. The zero-order valence-corrected chi connectivity index (χ0v) is 18.0. The maximum absolute atomic E-state index is 12.6. The van der Waals surface area contributed by atoms with Gasteiger partial charge in [0.15, 0.2) is 0 Å². The fraction of sp³-hybridized carbons (Fsp3) is 0.364. The molecule has 30 heavy (non-hydrogen) atoms. The van der Waals surface area contributed by atoms with E-state index in [1.165, 1.54) is 18.2 Å². The van der Waals surface area contributed by atoms with Crippen molar-refractivity contribution in [2.24, 2.45) is 0 Å². The highest BCUT2D eigenvalue weighted by Crippen LogP contribution is 2.19. The summed E-state index contributed by atoms with van der Waals surface area (Å²) < 4.78 is 27.1. The molecular weight excluding hydrogens is 402 g/mol. The van der Waals surface area contributed by atoms with Crippen LogP contribution in [0.1, 0.15) is 60.2 Å². The lowest BCUT2D eigenvalue weighted by atomic mass is 10.1. The van der Waals surface area contributed by atoms with Gasteiger partial charge in [-0.05, 0) is 69.2 Å². The van der Waals surface area contributed by atoms with Gasteiger partial charge in [0.25, 0.3) is 11.8 Å². The summed E-state index contributed by atoms with van der Waals surface area (Å²) in [5, 5.41) is 5.76. The van der Waals surface area contributed by atoms with Gasteiger partial charge in [-0.1, -0.05) is 18.9 Å². The quantitative estimate of drug-likeness (QED) is 0.628. The van der Waals surface area contributed by atoms with Gasteiger partial charge in [0.2, 0.25) is 10.0 Å². The third-order valence-electron chi connectivity index (χ3n) is 4.89. The Labute approximate surface area is 177 Å². The Balaban J connectivity index is 1.66. The normalized spacial score (nSPS) is 14.6. The number of amides is 2. The van der Waals surface area contributed by atoms with Crippen molar-refractivity contribution >= 4 is 27.5 Å². The van der Waals surface area contributed by atoms with E-state index in [0.29, 0.717) is 11.3 Å². The fourth-order valence-corrected chi connectivity index (χ4v) is 4.73. The summed E-state index contributed by atoms with van der Waals surface area (Å²) in [6.07, 6.45) is 4.32. The van der Waals surface area contributed by atoms with Crippen molar-refractivity contribution in [3.05, 3.63) is 59.7 Å². The summed E-state index contributed by atoms with van der Waals surface area (Å²) in [6.45, 7) is 3.46. The van der Waals surface area contributed by atoms with Gasteiger partial charge < -0.3 is 10.6 Å². The molecule has 2 aromatic rings. The van der Waals surface area contributed by atoms with Crippen LogP contribution in [0.3, 0.4) is 0 Å². The highest BCUT2D eigenvalue weighted by atomic mass is 32.2. The average Bonchev–Trinajstić information content (AvgIpc) is 3.20. The molecule has 0 aromatic heterocycles. The molecule has 1 aliphatic carbocycles. The molecule has 2 aromatic carbocycles. The second-order valence-electron chi connectivity index (χ2n) is 7.79. The summed E-state index contributed by atoms with van der Waals surface area (Å²) in [7, 11) is -3.69. The zero-order chi connectivity index (χ0) is 21.7. The van der Waals surface area contributed by atoms with Crippen LogP contribution in [-0.4, -0.2) is 32.3 Å². The molecule has 3 N–H and O–H groups in total. The Morgan fingerprint density at radius 2 is 1.60 bits per heavy atom. The molecule has 1 fully saturated rings. The Morgan fingerprint density at radius 1 is 0.933 bits per heavy atom. The largest absolute Gasteiger partial charge is 0.349 e. The van der Waals surface area contributed by atoms with Crippen LogP contribution in [-0.2, 0) is 10.0 Å². The fourth-order valence-electron chi connectivity index (χ4n) is 3.43. The van der Waals surface area contributed by atoms with E-state index in [-0.39, 0.29) is 28.4 Å². The van der Waals surface area contributed by atoms with Gasteiger partial charge in [0.05, 0.1) is 4.90 Å². The van der Waals surface area contributed by atoms with Crippen LogP contribution in [0.15, 0.2) is 53.4 Å². The zero-order valence-electron chi connectivity index (χ0n) is 17.1. The number of nitrogens with one attached hydrogen (secondary N) is 3. The maximum atomic E-state index is 12.6. The predicted molar refractivity (Wildman–Crippen MR) is 116 cm³/mol. The van der Waals surface area contributed by atoms with Crippen molar-refractivity contribution < 1.29 is 18.0 Å². The topological polar surface area (TPSA) is 104 Å². The molecule has 0 radical (unpaired) electrons. The second-order valence-corrected chi connectivity index (χ2v) is 9.50. The molecule has 0 unspecified atom stereocenters. The number of carbonyl (C=O) groups is 2. The molecule has 8 heteroatoms. The molecule has 0 saturated heterocycles. The molecule has 3 rings (SSSR count). The molecule has 7 nitrogen and oxygen atoms in total. The summed E-state index contributed by atoms with van der Waals surface area (Å²) in [5.74, 6) is -0.546.